The van der Waals surface area contributed by atoms with Crippen molar-refractivity contribution in [1.29, 1.82) is 0 Å². The second-order valence-electron chi connectivity index (χ2n) is 4.44. The lowest BCUT2D eigenvalue weighted by atomic mass is 9.92. The number of hydrogen-bond donors (Lipinski definition) is 2. The molecule has 2 rings (SSSR count). The van der Waals surface area contributed by atoms with E-state index in [1.807, 2.05) is 0 Å². The zero-order chi connectivity index (χ0) is 12.3. The molecule has 1 saturated carbocycles. The van der Waals surface area contributed by atoms with Gasteiger partial charge < -0.3 is 10.4 Å². The topological polar surface area (TPSA) is 49.3 Å². The summed E-state index contributed by atoms with van der Waals surface area (Å²) in [5.74, 6) is -0.168. The number of aliphatic hydroxyl groups is 1. The van der Waals surface area contributed by atoms with Crippen LogP contribution in [0.2, 0.25) is 5.02 Å². The molecule has 1 amide bonds. The number of benzene rings is 1. The Bertz CT molecular complexity index is 408. The molecule has 1 aliphatic rings. The van der Waals surface area contributed by atoms with Gasteiger partial charge in [-0.25, -0.2) is 0 Å². The highest BCUT2D eigenvalue weighted by molar-refractivity contribution is 6.30. The number of nitrogens with one attached hydrogen (secondary N) is 1. The molecule has 4 heteroatoms. The third kappa shape index (κ3) is 3.20. The molecule has 3 nitrogen and oxygen atoms in total. The Labute approximate surface area is 106 Å². The maximum atomic E-state index is 11.9. The molecule has 92 valence electrons. The fourth-order valence-corrected chi connectivity index (χ4v) is 2.35. The quantitative estimate of drug-likeness (QED) is 0.850. The summed E-state index contributed by atoms with van der Waals surface area (Å²) < 4.78 is 0. The molecule has 2 atom stereocenters. The van der Waals surface area contributed by atoms with Gasteiger partial charge in [0.2, 0.25) is 0 Å². The van der Waals surface area contributed by atoms with E-state index >= 15 is 0 Å². The summed E-state index contributed by atoms with van der Waals surface area (Å²) in [5, 5.41) is 13.2. The Hall–Kier alpha value is -1.06. The predicted octanol–water partition coefficient (Wildman–Crippen LogP) is 2.37. The number of carbonyl (C=O) groups is 1. The van der Waals surface area contributed by atoms with Gasteiger partial charge in [0.25, 0.3) is 5.91 Å². The Morgan fingerprint density at radius 3 is 2.82 bits per heavy atom. The minimum Gasteiger partial charge on any atom is -0.391 e. The Morgan fingerprint density at radius 1 is 1.35 bits per heavy atom. The van der Waals surface area contributed by atoms with Gasteiger partial charge in [0.05, 0.1) is 12.1 Å². The summed E-state index contributed by atoms with van der Waals surface area (Å²) in [5.41, 5.74) is 0.537. The maximum Gasteiger partial charge on any atom is 0.251 e. The van der Waals surface area contributed by atoms with E-state index in [1.54, 1.807) is 24.3 Å². The predicted molar refractivity (Wildman–Crippen MR) is 67.2 cm³/mol. The van der Waals surface area contributed by atoms with E-state index in [0.29, 0.717) is 10.6 Å². The molecule has 1 aromatic carbocycles. The van der Waals surface area contributed by atoms with Crippen LogP contribution in [0.3, 0.4) is 0 Å². The fourth-order valence-electron chi connectivity index (χ4n) is 2.16. The van der Waals surface area contributed by atoms with Gasteiger partial charge in [0, 0.05) is 10.6 Å². The van der Waals surface area contributed by atoms with Crippen LogP contribution in [0, 0.1) is 0 Å². The maximum absolute atomic E-state index is 11.9. The molecule has 0 aromatic heterocycles. The smallest absolute Gasteiger partial charge is 0.251 e. The van der Waals surface area contributed by atoms with Crippen LogP contribution < -0.4 is 5.32 Å². The molecule has 0 radical (unpaired) electrons. The van der Waals surface area contributed by atoms with Gasteiger partial charge in [-0.3, -0.25) is 4.79 Å². The van der Waals surface area contributed by atoms with E-state index in [9.17, 15) is 9.90 Å². The SMILES string of the molecule is O=C(NC1CCCCC1O)c1cccc(Cl)c1. The van der Waals surface area contributed by atoms with Gasteiger partial charge in [-0.1, -0.05) is 30.5 Å². The molecular formula is C13H16ClNO2. The standard InChI is InChI=1S/C13H16ClNO2/c14-10-5-3-4-9(8-10)13(17)15-11-6-1-2-7-12(11)16/h3-5,8,11-12,16H,1-2,6-7H2,(H,15,17). The Kier molecular flexibility index (Phi) is 4.02. The van der Waals surface area contributed by atoms with Crippen molar-refractivity contribution in [3.63, 3.8) is 0 Å². The molecule has 2 N–H and O–H groups in total. The molecular weight excluding hydrogens is 238 g/mol. The molecule has 0 spiro atoms. The first-order chi connectivity index (χ1) is 8.16. The lowest BCUT2D eigenvalue weighted by Crippen LogP contribution is -2.45. The van der Waals surface area contributed by atoms with Crippen LogP contribution in [0.5, 0.6) is 0 Å². The van der Waals surface area contributed by atoms with Gasteiger partial charge in [-0.05, 0) is 31.0 Å². The van der Waals surface area contributed by atoms with Gasteiger partial charge in [0.15, 0.2) is 0 Å². The van der Waals surface area contributed by atoms with Crippen LogP contribution >= 0.6 is 11.6 Å². The van der Waals surface area contributed by atoms with Crippen molar-refractivity contribution in [1.82, 2.24) is 5.32 Å². The number of carbonyl (C=O) groups excluding carboxylic acids is 1. The first-order valence-corrected chi connectivity index (χ1v) is 6.29. The first-order valence-electron chi connectivity index (χ1n) is 5.91. The summed E-state index contributed by atoms with van der Waals surface area (Å²) in [4.78, 5) is 11.9. The van der Waals surface area contributed by atoms with Gasteiger partial charge in [-0.2, -0.15) is 0 Å². The van der Waals surface area contributed by atoms with Crippen LogP contribution in [0.4, 0.5) is 0 Å². The lowest BCUT2D eigenvalue weighted by Gasteiger charge is -2.28. The average molecular weight is 254 g/mol. The molecule has 0 bridgehead atoms. The summed E-state index contributed by atoms with van der Waals surface area (Å²) in [6.45, 7) is 0. The van der Waals surface area contributed by atoms with Crippen molar-refractivity contribution >= 4 is 17.5 Å². The molecule has 0 aliphatic heterocycles. The molecule has 1 aromatic rings. The van der Waals surface area contributed by atoms with Crippen LogP contribution in [-0.4, -0.2) is 23.2 Å². The number of aliphatic hydroxyl groups excluding tert-OH is 1. The molecule has 17 heavy (non-hydrogen) atoms. The monoisotopic (exact) mass is 253 g/mol. The van der Waals surface area contributed by atoms with E-state index in [2.05, 4.69) is 5.32 Å². The van der Waals surface area contributed by atoms with E-state index in [0.717, 1.165) is 25.7 Å². The van der Waals surface area contributed by atoms with Crippen molar-refractivity contribution in [2.45, 2.75) is 37.8 Å². The van der Waals surface area contributed by atoms with Crippen molar-refractivity contribution in [2.24, 2.45) is 0 Å². The molecule has 1 fully saturated rings. The van der Waals surface area contributed by atoms with Crippen LogP contribution in [-0.2, 0) is 0 Å². The van der Waals surface area contributed by atoms with Gasteiger partial charge >= 0.3 is 0 Å². The van der Waals surface area contributed by atoms with E-state index in [-0.39, 0.29) is 11.9 Å². The first kappa shape index (κ1) is 12.4. The summed E-state index contributed by atoms with van der Waals surface area (Å²) in [6.07, 6.45) is 3.27. The average Bonchev–Trinajstić information content (AvgIpc) is 2.32. The third-order valence-electron chi connectivity index (χ3n) is 3.13. The largest absolute Gasteiger partial charge is 0.391 e. The zero-order valence-electron chi connectivity index (χ0n) is 9.53. The van der Waals surface area contributed by atoms with Crippen molar-refractivity contribution in [2.75, 3.05) is 0 Å². The highest BCUT2D eigenvalue weighted by atomic mass is 35.5. The summed E-state index contributed by atoms with van der Waals surface area (Å²) >= 11 is 5.83. The third-order valence-corrected chi connectivity index (χ3v) is 3.37. The van der Waals surface area contributed by atoms with Gasteiger partial charge in [-0.15, -0.1) is 0 Å². The molecule has 0 heterocycles. The molecule has 1 aliphatic carbocycles. The Morgan fingerprint density at radius 2 is 2.12 bits per heavy atom. The Balaban J connectivity index is 2.01. The highest BCUT2D eigenvalue weighted by Crippen LogP contribution is 2.19. The molecule has 2 unspecified atom stereocenters. The van der Waals surface area contributed by atoms with Crippen molar-refractivity contribution in [3.8, 4) is 0 Å². The van der Waals surface area contributed by atoms with E-state index in [4.69, 9.17) is 11.6 Å². The zero-order valence-corrected chi connectivity index (χ0v) is 10.3. The summed E-state index contributed by atoms with van der Waals surface area (Å²) in [7, 11) is 0. The van der Waals surface area contributed by atoms with Crippen molar-refractivity contribution < 1.29 is 9.90 Å². The number of hydrogen-bond acceptors (Lipinski definition) is 2. The van der Waals surface area contributed by atoms with Crippen LogP contribution in [0.15, 0.2) is 24.3 Å². The number of rotatable bonds is 2. The van der Waals surface area contributed by atoms with E-state index < -0.39 is 6.10 Å². The summed E-state index contributed by atoms with van der Waals surface area (Å²) in [6, 6.07) is 6.69. The van der Waals surface area contributed by atoms with Crippen LogP contribution in [0.1, 0.15) is 36.0 Å². The number of amides is 1. The highest BCUT2D eigenvalue weighted by Gasteiger charge is 2.24. The number of halogens is 1. The molecule has 0 saturated heterocycles. The van der Waals surface area contributed by atoms with E-state index in [1.165, 1.54) is 0 Å². The fraction of sp³-hybridized carbons (Fsp3) is 0.462. The van der Waals surface area contributed by atoms with Crippen molar-refractivity contribution in [3.05, 3.63) is 34.9 Å². The normalized spacial score (nSPS) is 24.4. The van der Waals surface area contributed by atoms with Gasteiger partial charge in [0.1, 0.15) is 0 Å². The van der Waals surface area contributed by atoms with Crippen LogP contribution in [0.25, 0.3) is 0 Å². The minimum atomic E-state index is -0.424. The second-order valence-corrected chi connectivity index (χ2v) is 4.88. The lowest BCUT2D eigenvalue weighted by molar-refractivity contribution is 0.0717. The second kappa shape index (κ2) is 5.52. The minimum absolute atomic E-state index is 0.129.